The van der Waals surface area contributed by atoms with Crippen LogP contribution in [-0.4, -0.2) is 10.2 Å². The number of fused-ring (bicyclic) bond motifs is 1. The minimum absolute atomic E-state index is 0.594. The molecule has 0 radical (unpaired) electrons. The van der Waals surface area contributed by atoms with Crippen LogP contribution in [0.2, 0.25) is 5.02 Å². The molecule has 0 aliphatic carbocycles. The fraction of sp³-hybridized carbons (Fsp3) is 0.100. The lowest BCUT2D eigenvalue weighted by Crippen LogP contribution is -1.87. The normalized spacial score (nSPS) is 11.1. The van der Waals surface area contributed by atoms with Crippen molar-refractivity contribution in [3.63, 3.8) is 0 Å². The Labute approximate surface area is 155 Å². The minimum Gasteiger partial charge on any atom is -0.416 e. The Balaban J connectivity index is 1.45. The van der Waals surface area contributed by atoms with E-state index in [1.807, 2.05) is 24.3 Å². The van der Waals surface area contributed by atoms with Crippen LogP contribution in [-0.2, 0) is 12.2 Å². The maximum atomic E-state index is 5.90. The molecule has 3 nitrogen and oxygen atoms in total. The number of halogens is 1. The maximum absolute atomic E-state index is 5.90. The van der Waals surface area contributed by atoms with Gasteiger partial charge in [-0.2, -0.15) is 0 Å². The first-order chi connectivity index (χ1) is 12.3. The minimum atomic E-state index is 0.594. The van der Waals surface area contributed by atoms with Crippen molar-refractivity contribution in [2.45, 2.75) is 17.4 Å². The van der Waals surface area contributed by atoms with Gasteiger partial charge in [-0.3, -0.25) is 0 Å². The van der Waals surface area contributed by atoms with E-state index in [0.717, 1.165) is 16.3 Å². The van der Waals surface area contributed by atoms with Crippen molar-refractivity contribution >= 4 is 34.1 Å². The number of benzene rings is 3. The summed E-state index contributed by atoms with van der Waals surface area (Å²) in [5, 5.41) is 12.1. The van der Waals surface area contributed by atoms with Gasteiger partial charge in [-0.25, -0.2) is 0 Å². The summed E-state index contributed by atoms with van der Waals surface area (Å²) in [4.78, 5) is 0. The van der Waals surface area contributed by atoms with Gasteiger partial charge in [0.05, 0.1) is 6.42 Å². The second kappa shape index (κ2) is 7.30. The van der Waals surface area contributed by atoms with Crippen molar-refractivity contribution in [1.29, 1.82) is 0 Å². The summed E-state index contributed by atoms with van der Waals surface area (Å²) in [6.07, 6.45) is 0.610. The molecular weight excluding hydrogens is 352 g/mol. The van der Waals surface area contributed by atoms with Crippen LogP contribution in [0.3, 0.4) is 0 Å². The maximum Gasteiger partial charge on any atom is 0.276 e. The highest BCUT2D eigenvalue weighted by Crippen LogP contribution is 2.27. The van der Waals surface area contributed by atoms with Gasteiger partial charge in [0.1, 0.15) is 0 Å². The smallest absolute Gasteiger partial charge is 0.276 e. The molecule has 1 aromatic heterocycles. The van der Waals surface area contributed by atoms with Gasteiger partial charge >= 0.3 is 0 Å². The third kappa shape index (κ3) is 3.86. The Hall–Kier alpha value is -2.30. The van der Waals surface area contributed by atoms with Crippen LogP contribution in [0.25, 0.3) is 10.8 Å². The Kier molecular flexibility index (Phi) is 4.72. The highest BCUT2D eigenvalue weighted by molar-refractivity contribution is 7.98. The molecule has 25 heavy (non-hydrogen) atoms. The van der Waals surface area contributed by atoms with Gasteiger partial charge in [-0.1, -0.05) is 78.0 Å². The number of rotatable bonds is 5. The van der Waals surface area contributed by atoms with Gasteiger partial charge in [0, 0.05) is 10.8 Å². The first-order valence-electron chi connectivity index (χ1n) is 7.94. The molecule has 3 aromatic carbocycles. The first kappa shape index (κ1) is 16.2. The van der Waals surface area contributed by atoms with Crippen molar-refractivity contribution in [2.24, 2.45) is 0 Å². The van der Waals surface area contributed by atoms with Crippen LogP contribution >= 0.6 is 23.4 Å². The third-order valence-electron chi connectivity index (χ3n) is 3.95. The highest BCUT2D eigenvalue weighted by atomic mass is 35.5. The van der Waals surface area contributed by atoms with Crippen molar-refractivity contribution in [3.8, 4) is 0 Å². The molecule has 124 valence electrons. The van der Waals surface area contributed by atoms with Gasteiger partial charge < -0.3 is 4.42 Å². The third-order valence-corrected chi connectivity index (χ3v) is 5.07. The molecule has 4 rings (SSSR count). The molecule has 0 atom stereocenters. The van der Waals surface area contributed by atoms with Crippen LogP contribution in [0.15, 0.2) is 76.4 Å². The van der Waals surface area contributed by atoms with Crippen LogP contribution in [0.4, 0.5) is 0 Å². The SMILES string of the molecule is Clc1ccc(Cc2nnc(SCc3cccc4ccccc34)o2)cc1. The Morgan fingerprint density at radius 2 is 1.68 bits per heavy atom. The van der Waals surface area contributed by atoms with Gasteiger partial charge in [-0.15, -0.1) is 10.2 Å². The molecule has 4 aromatic rings. The van der Waals surface area contributed by atoms with E-state index in [0.29, 0.717) is 17.5 Å². The number of hydrogen-bond donors (Lipinski definition) is 0. The summed E-state index contributed by atoms with van der Waals surface area (Å²) in [5.74, 6) is 1.41. The molecule has 5 heteroatoms. The number of thioether (sulfide) groups is 1. The first-order valence-corrected chi connectivity index (χ1v) is 9.30. The molecule has 0 unspecified atom stereocenters. The second-order valence-corrected chi connectivity index (χ2v) is 7.05. The zero-order valence-electron chi connectivity index (χ0n) is 13.4. The van der Waals surface area contributed by atoms with E-state index in [4.69, 9.17) is 16.0 Å². The van der Waals surface area contributed by atoms with Crippen molar-refractivity contribution in [2.75, 3.05) is 0 Å². The van der Waals surface area contributed by atoms with Crippen LogP contribution in [0.1, 0.15) is 17.0 Å². The molecule has 0 N–H and O–H groups in total. The van der Waals surface area contributed by atoms with E-state index >= 15 is 0 Å². The largest absolute Gasteiger partial charge is 0.416 e. The molecule has 0 spiro atoms. The number of nitrogens with zero attached hydrogens (tertiary/aromatic N) is 2. The second-order valence-electron chi connectivity index (χ2n) is 5.69. The van der Waals surface area contributed by atoms with Crippen molar-refractivity contribution in [3.05, 3.63) is 88.8 Å². The number of aromatic nitrogens is 2. The Morgan fingerprint density at radius 1 is 0.880 bits per heavy atom. The predicted molar refractivity (Wildman–Crippen MR) is 102 cm³/mol. The summed E-state index contributed by atoms with van der Waals surface area (Å²) in [6.45, 7) is 0. The summed E-state index contributed by atoms with van der Waals surface area (Å²) in [5.41, 5.74) is 2.36. The monoisotopic (exact) mass is 366 g/mol. The van der Waals surface area contributed by atoms with E-state index < -0.39 is 0 Å². The topological polar surface area (TPSA) is 38.9 Å². The molecule has 0 aliphatic heterocycles. The van der Waals surface area contributed by atoms with E-state index in [1.54, 1.807) is 11.8 Å². The van der Waals surface area contributed by atoms with Gasteiger partial charge in [0.25, 0.3) is 5.22 Å². The fourth-order valence-electron chi connectivity index (χ4n) is 2.70. The molecule has 0 bridgehead atoms. The Bertz CT molecular complexity index is 993. The van der Waals surface area contributed by atoms with Crippen molar-refractivity contribution in [1.82, 2.24) is 10.2 Å². The summed E-state index contributed by atoms with van der Waals surface area (Å²) < 4.78 is 5.76. The van der Waals surface area contributed by atoms with Gasteiger partial charge in [0.2, 0.25) is 5.89 Å². The molecule has 0 saturated carbocycles. The average Bonchev–Trinajstić information content (AvgIpc) is 3.09. The lowest BCUT2D eigenvalue weighted by Gasteiger charge is -2.04. The van der Waals surface area contributed by atoms with Gasteiger partial charge in [-0.05, 0) is 34.0 Å². The standard InChI is InChI=1S/C20H15ClN2OS/c21-17-10-8-14(9-11-17)12-19-22-23-20(24-19)25-13-16-6-3-5-15-4-1-2-7-18(15)16/h1-11H,12-13H2. The van der Waals surface area contributed by atoms with Gasteiger partial charge in [0.15, 0.2) is 0 Å². The van der Waals surface area contributed by atoms with Crippen molar-refractivity contribution < 1.29 is 4.42 Å². The summed E-state index contributed by atoms with van der Waals surface area (Å²) >= 11 is 7.47. The van der Waals surface area contributed by atoms with E-state index in [2.05, 4.69) is 52.7 Å². The Morgan fingerprint density at radius 3 is 2.56 bits per heavy atom. The van der Waals surface area contributed by atoms with E-state index in [-0.39, 0.29) is 0 Å². The lowest BCUT2D eigenvalue weighted by atomic mass is 10.1. The summed E-state index contributed by atoms with van der Waals surface area (Å²) in [7, 11) is 0. The quantitative estimate of drug-likeness (QED) is 0.421. The molecule has 0 amide bonds. The molecule has 0 aliphatic rings. The average molecular weight is 367 g/mol. The molecule has 0 fully saturated rings. The number of hydrogen-bond acceptors (Lipinski definition) is 4. The van der Waals surface area contributed by atoms with Crippen LogP contribution in [0.5, 0.6) is 0 Å². The molecule has 0 saturated heterocycles. The van der Waals surface area contributed by atoms with Crippen LogP contribution < -0.4 is 0 Å². The van der Waals surface area contributed by atoms with E-state index in [9.17, 15) is 0 Å². The predicted octanol–water partition coefficient (Wildman–Crippen LogP) is 5.76. The van der Waals surface area contributed by atoms with E-state index in [1.165, 1.54) is 16.3 Å². The zero-order valence-corrected chi connectivity index (χ0v) is 14.9. The summed E-state index contributed by atoms with van der Waals surface area (Å²) in [6, 6.07) is 22.4. The zero-order chi connectivity index (χ0) is 17.1. The molecule has 1 heterocycles. The van der Waals surface area contributed by atoms with Crippen LogP contribution in [0, 0.1) is 0 Å². The highest BCUT2D eigenvalue weighted by Gasteiger charge is 2.09. The fourth-order valence-corrected chi connectivity index (χ4v) is 3.61. The lowest BCUT2D eigenvalue weighted by molar-refractivity contribution is 0.420. The molecular formula is C20H15ClN2OS.